The smallest absolute Gasteiger partial charge is 0.223 e. The van der Waals surface area contributed by atoms with Crippen LogP contribution >= 0.6 is 0 Å². The Bertz CT molecular complexity index is 488. The number of rotatable bonds is 5. The van der Waals surface area contributed by atoms with Gasteiger partial charge in [0.2, 0.25) is 5.91 Å². The van der Waals surface area contributed by atoms with Crippen LogP contribution in [0.25, 0.3) is 0 Å². The summed E-state index contributed by atoms with van der Waals surface area (Å²) in [5, 5.41) is 4.61. The minimum Gasteiger partial charge on any atom is -0.378 e. The first-order chi connectivity index (χ1) is 9.99. The predicted octanol–water partition coefficient (Wildman–Crippen LogP) is 1.95. The lowest BCUT2D eigenvalue weighted by Gasteiger charge is -2.26. The standard InChI is InChI=1S/C16H27N3O2/c1-12(2)11-19-14(4)15(13(3)17-19)5-6-16(20)18-7-9-21-10-8-18/h12H,5-11H2,1-4H3. The number of carbonyl (C=O) groups is 1. The number of carbonyl (C=O) groups excluding carboxylic acids is 1. The lowest BCUT2D eigenvalue weighted by molar-refractivity contribution is -0.135. The van der Waals surface area contributed by atoms with Crippen molar-refractivity contribution < 1.29 is 9.53 Å². The second-order valence-corrected chi connectivity index (χ2v) is 6.22. The van der Waals surface area contributed by atoms with E-state index in [1.54, 1.807) is 0 Å². The van der Waals surface area contributed by atoms with Gasteiger partial charge in [0.15, 0.2) is 0 Å². The maximum atomic E-state index is 12.2. The van der Waals surface area contributed by atoms with Crippen LogP contribution in [0.3, 0.4) is 0 Å². The molecule has 1 aliphatic rings. The summed E-state index contributed by atoms with van der Waals surface area (Å²) < 4.78 is 7.36. The number of ether oxygens (including phenoxy) is 1. The third-order valence-corrected chi connectivity index (χ3v) is 4.02. The Kier molecular flexibility index (Phi) is 5.39. The first-order valence-electron chi connectivity index (χ1n) is 7.87. The van der Waals surface area contributed by atoms with Crippen molar-refractivity contribution in [1.82, 2.24) is 14.7 Å². The molecule has 5 heteroatoms. The lowest BCUT2D eigenvalue weighted by atomic mass is 10.1. The van der Waals surface area contributed by atoms with E-state index >= 15 is 0 Å². The molecular formula is C16H27N3O2. The van der Waals surface area contributed by atoms with Gasteiger partial charge >= 0.3 is 0 Å². The lowest BCUT2D eigenvalue weighted by Crippen LogP contribution is -2.40. The van der Waals surface area contributed by atoms with Gasteiger partial charge in [-0.1, -0.05) is 13.8 Å². The number of hydrogen-bond acceptors (Lipinski definition) is 3. The molecule has 118 valence electrons. The van der Waals surface area contributed by atoms with Gasteiger partial charge in [0.25, 0.3) is 0 Å². The number of amides is 1. The molecule has 0 N–H and O–H groups in total. The molecule has 1 fully saturated rings. The molecule has 0 radical (unpaired) electrons. The molecule has 0 aromatic carbocycles. The van der Waals surface area contributed by atoms with Crippen LogP contribution in [-0.4, -0.2) is 46.9 Å². The van der Waals surface area contributed by atoms with Crippen molar-refractivity contribution in [2.45, 2.75) is 47.1 Å². The highest BCUT2D eigenvalue weighted by atomic mass is 16.5. The molecule has 1 amide bonds. The monoisotopic (exact) mass is 293 g/mol. The average molecular weight is 293 g/mol. The fourth-order valence-electron chi connectivity index (χ4n) is 2.82. The Labute approximate surface area is 127 Å². The Morgan fingerprint density at radius 2 is 1.95 bits per heavy atom. The second kappa shape index (κ2) is 7.07. The van der Waals surface area contributed by atoms with E-state index in [0.29, 0.717) is 25.6 Å². The quantitative estimate of drug-likeness (QED) is 0.833. The van der Waals surface area contributed by atoms with Crippen LogP contribution in [-0.2, 0) is 22.5 Å². The first kappa shape index (κ1) is 16.0. The molecule has 1 aromatic heterocycles. The first-order valence-corrected chi connectivity index (χ1v) is 7.87. The third-order valence-electron chi connectivity index (χ3n) is 4.02. The van der Waals surface area contributed by atoms with Gasteiger partial charge in [-0.3, -0.25) is 9.48 Å². The fourth-order valence-corrected chi connectivity index (χ4v) is 2.82. The summed E-state index contributed by atoms with van der Waals surface area (Å²) in [6.07, 6.45) is 1.35. The average Bonchev–Trinajstić information content (AvgIpc) is 2.71. The number of aromatic nitrogens is 2. The van der Waals surface area contributed by atoms with Crippen LogP contribution in [0.1, 0.15) is 37.2 Å². The third kappa shape index (κ3) is 4.06. The molecule has 0 saturated carbocycles. The van der Waals surface area contributed by atoms with E-state index in [1.807, 2.05) is 11.8 Å². The molecule has 5 nitrogen and oxygen atoms in total. The topological polar surface area (TPSA) is 47.4 Å². The summed E-state index contributed by atoms with van der Waals surface area (Å²) in [5.41, 5.74) is 3.50. The zero-order valence-corrected chi connectivity index (χ0v) is 13.7. The Hall–Kier alpha value is -1.36. The van der Waals surface area contributed by atoms with Crippen molar-refractivity contribution in [3.8, 4) is 0 Å². The Balaban J connectivity index is 1.96. The molecule has 2 rings (SSSR count). The van der Waals surface area contributed by atoms with Crippen LogP contribution < -0.4 is 0 Å². The van der Waals surface area contributed by atoms with Crippen molar-refractivity contribution in [2.75, 3.05) is 26.3 Å². The highest BCUT2D eigenvalue weighted by molar-refractivity contribution is 5.76. The zero-order chi connectivity index (χ0) is 15.4. The maximum Gasteiger partial charge on any atom is 0.223 e. The van der Waals surface area contributed by atoms with Gasteiger partial charge in [0, 0.05) is 31.7 Å². The van der Waals surface area contributed by atoms with E-state index in [0.717, 1.165) is 31.7 Å². The van der Waals surface area contributed by atoms with Crippen molar-refractivity contribution in [3.63, 3.8) is 0 Å². The summed E-state index contributed by atoms with van der Waals surface area (Å²) in [6, 6.07) is 0. The van der Waals surface area contributed by atoms with Gasteiger partial charge in [-0.2, -0.15) is 5.10 Å². The van der Waals surface area contributed by atoms with Crippen molar-refractivity contribution in [1.29, 1.82) is 0 Å². The fraction of sp³-hybridized carbons (Fsp3) is 0.750. The van der Waals surface area contributed by atoms with E-state index in [1.165, 1.54) is 11.3 Å². The van der Waals surface area contributed by atoms with Crippen LogP contribution in [0.5, 0.6) is 0 Å². The molecular weight excluding hydrogens is 266 g/mol. The molecule has 1 aliphatic heterocycles. The summed E-state index contributed by atoms with van der Waals surface area (Å²) in [5.74, 6) is 0.805. The van der Waals surface area contributed by atoms with Crippen LogP contribution in [0.2, 0.25) is 0 Å². The molecule has 21 heavy (non-hydrogen) atoms. The number of aryl methyl sites for hydroxylation is 1. The van der Waals surface area contributed by atoms with E-state index in [4.69, 9.17) is 4.74 Å². The van der Waals surface area contributed by atoms with E-state index < -0.39 is 0 Å². The number of hydrogen-bond donors (Lipinski definition) is 0. The molecule has 2 heterocycles. The highest BCUT2D eigenvalue weighted by Gasteiger charge is 2.18. The number of morpholine rings is 1. The van der Waals surface area contributed by atoms with Gasteiger partial charge in [-0.15, -0.1) is 0 Å². The molecule has 0 atom stereocenters. The molecule has 0 spiro atoms. The largest absolute Gasteiger partial charge is 0.378 e. The summed E-state index contributed by atoms with van der Waals surface area (Å²) in [6.45, 7) is 12.2. The highest BCUT2D eigenvalue weighted by Crippen LogP contribution is 2.17. The normalized spacial score (nSPS) is 15.8. The van der Waals surface area contributed by atoms with Gasteiger partial charge in [-0.05, 0) is 31.7 Å². The molecule has 0 bridgehead atoms. The maximum absolute atomic E-state index is 12.2. The molecule has 1 saturated heterocycles. The van der Waals surface area contributed by atoms with Crippen LogP contribution in [0.4, 0.5) is 0 Å². The Morgan fingerprint density at radius 3 is 2.57 bits per heavy atom. The van der Waals surface area contributed by atoms with Gasteiger partial charge in [0.05, 0.1) is 18.9 Å². The van der Waals surface area contributed by atoms with E-state index in [-0.39, 0.29) is 5.91 Å². The predicted molar refractivity (Wildman–Crippen MR) is 82.3 cm³/mol. The van der Waals surface area contributed by atoms with Gasteiger partial charge < -0.3 is 9.64 Å². The summed E-state index contributed by atoms with van der Waals surface area (Å²) in [7, 11) is 0. The van der Waals surface area contributed by atoms with Crippen molar-refractivity contribution in [3.05, 3.63) is 17.0 Å². The zero-order valence-electron chi connectivity index (χ0n) is 13.7. The minimum atomic E-state index is 0.230. The minimum absolute atomic E-state index is 0.230. The summed E-state index contributed by atoms with van der Waals surface area (Å²) >= 11 is 0. The van der Waals surface area contributed by atoms with Crippen LogP contribution in [0.15, 0.2) is 0 Å². The second-order valence-electron chi connectivity index (χ2n) is 6.22. The summed E-state index contributed by atoms with van der Waals surface area (Å²) in [4.78, 5) is 14.1. The van der Waals surface area contributed by atoms with Crippen molar-refractivity contribution in [2.24, 2.45) is 5.92 Å². The number of nitrogens with zero attached hydrogens (tertiary/aromatic N) is 3. The molecule has 0 aliphatic carbocycles. The van der Waals surface area contributed by atoms with E-state index in [9.17, 15) is 4.79 Å². The Morgan fingerprint density at radius 1 is 1.29 bits per heavy atom. The van der Waals surface area contributed by atoms with Crippen molar-refractivity contribution >= 4 is 5.91 Å². The van der Waals surface area contributed by atoms with Gasteiger partial charge in [-0.25, -0.2) is 0 Å². The molecule has 0 unspecified atom stereocenters. The SMILES string of the molecule is Cc1nn(CC(C)C)c(C)c1CCC(=O)N1CCOCC1. The van der Waals surface area contributed by atoms with Gasteiger partial charge in [0.1, 0.15) is 0 Å². The molecule has 1 aromatic rings. The van der Waals surface area contributed by atoms with Crippen LogP contribution in [0, 0.1) is 19.8 Å². The van der Waals surface area contributed by atoms with E-state index in [2.05, 4.69) is 30.6 Å².